The molecule has 0 spiro atoms. The van der Waals surface area contributed by atoms with Crippen molar-refractivity contribution in [1.82, 2.24) is 5.32 Å². The van der Waals surface area contributed by atoms with Gasteiger partial charge in [0.15, 0.2) is 0 Å². The molecular weight excluding hydrogens is 622 g/mol. The van der Waals surface area contributed by atoms with Gasteiger partial charge in [0.25, 0.3) is 0 Å². The maximum absolute atomic E-state index is 11.4. The van der Waals surface area contributed by atoms with Gasteiger partial charge in [0, 0.05) is 6.54 Å². The monoisotopic (exact) mass is 665 g/mol. The summed E-state index contributed by atoms with van der Waals surface area (Å²) in [6.07, 6.45) is -6.39. The molecule has 0 aromatic heterocycles. The SMILES string of the molecule is O[C@@H]([C@H](O)[C@@H](O)CNC(c1ccccc1)(c1ccccc1)c1ccccc1)[C@H](O)COC(c1ccccc1)(c1ccccc1)c1ccccc1. The van der Waals surface area contributed by atoms with Crippen molar-refractivity contribution in [2.75, 3.05) is 13.2 Å². The predicted molar refractivity (Wildman–Crippen MR) is 196 cm³/mol. The van der Waals surface area contributed by atoms with Crippen molar-refractivity contribution in [3.8, 4) is 0 Å². The summed E-state index contributed by atoms with van der Waals surface area (Å²) in [7, 11) is 0. The van der Waals surface area contributed by atoms with E-state index in [9.17, 15) is 20.4 Å². The van der Waals surface area contributed by atoms with Crippen LogP contribution in [0.25, 0.3) is 0 Å². The third-order valence-electron chi connectivity index (χ3n) is 9.35. The molecule has 0 bridgehead atoms. The van der Waals surface area contributed by atoms with Gasteiger partial charge in [-0.25, -0.2) is 0 Å². The van der Waals surface area contributed by atoms with E-state index in [1.165, 1.54) is 0 Å². The molecule has 4 atom stereocenters. The summed E-state index contributed by atoms with van der Waals surface area (Å²) in [5.74, 6) is 0. The average molecular weight is 666 g/mol. The number of hydrogen-bond donors (Lipinski definition) is 5. The predicted octanol–water partition coefficient (Wildman–Crippen LogP) is 6.02. The summed E-state index contributed by atoms with van der Waals surface area (Å²) in [4.78, 5) is 0. The maximum atomic E-state index is 11.4. The molecule has 6 rings (SSSR count). The molecule has 6 aromatic rings. The molecule has 5 N–H and O–H groups in total. The molecule has 254 valence electrons. The standard InChI is InChI=1S/C44H43NO5/c46-39(31-45-43(33-19-7-1-8-20-33,34-21-9-2-10-22-34)35-23-11-3-12-24-35)41(48)42(49)40(47)32-50-44(36-25-13-4-14-26-36,37-27-15-5-16-28-37)38-29-17-6-18-30-38/h1-30,39-42,45-49H,31-32H2/t39-,40+,41+,42+/m0/s1. The fraction of sp³-hybridized carbons (Fsp3) is 0.182. The van der Waals surface area contributed by atoms with E-state index < -0.39 is 35.6 Å². The Morgan fingerprint density at radius 2 is 0.680 bits per heavy atom. The Balaban J connectivity index is 1.25. The molecule has 0 unspecified atom stereocenters. The minimum atomic E-state index is -1.72. The van der Waals surface area contributed by atoms with Crippen molar-refractivity contribution < 1.29 is 25.2 Å². The van der Waals surface area contributed by atoms with E-state index in [-0.39, 0.29) is 13.2 Å². The van der Waals surface area contributed by atoms with Gasteiger partial charge in [-0.2, -0.15) is 0 Å². The van der Waals surface area contributed by atoms with Crippen molar-refractivity contribution in [2.45, 2.75) is 35.6 Å². The number of aliphatic hydroxyl groups is 4. The number of ether oxygens (including phenoxy) is 1. The van der Waals surface area contributed by atoms with Gasteiger partial charge >= 0.3 is 0 Å². The lowest BCUT2D eigenvalue weighted by molar-refractivity contribution is -0.134. The van der Waals surface area contributed by atoms with Crippen LogP contribution in [0.3, 0.4) is 0 Å². The van der Waals surface area contributed by atoms with Crippen LogP contribution in [0.2, 0.25) is 0 Å². The van der Waals surface area contributed by atoms with E-state index in [4.69, 9.17) is 4.74 Å². The van der Waals surface area contributed by atoms with Crippen molar-refractivity contribution in [3.05, 3.63) is 215 Å². The van der Waals surface area contributed by atoms with Crippen molar-refractivity contribution >= 4 is 0 Å². The third-order valence-corrected chi connectivity index (χ3v) is 9.35. The zero-order valence-corrected chi connectivity index (χ0v) is 27.7. The molecule has 0 fully saturated rings. The molecule has 0 heterocycles. The minimum absolute atomic E-state index is 0.105. The normalized spacial score (nSPS) is 14.4. The van der Waals surface area contributed by atoms with Crippen LogP contribution < -0.4 is 5.32 Å². The molecule has 50 heavy (non-hydrogen) atoms. The molecule has 6 heteroatoms. The topological polar surface area (TPSA) is 102 Å². The fourth-order valence-corrected chi connectivity index (χ4v) is 6.78. The van der Waals surface area contributed by atoms with Gasteiger partial charge in [0.2, 0.25) is 0 Å². The minimum Gasteiger partial charge on any atom is -0.389 e. The average Bonchev–Trinajstić information content (AvgIpc) is 3.20. The summed E-state index contributed by atoms with van der Waals surface area (Å²) in [5.41, 5.74) is 3.30. The highest BCUT2D eigenvalue weighted by Crippen LogP contribution is 2.41. The first-order valence-electron chi connectivity index (χ1n) is 16.9. The lowest BCUT2D eigenvalue weighted by Crippen LogP contribution is -2.53. The van der Waals surface area contributed by atoms with Gasteiger partial charge in [-0.3, -0.25) is 5.32 Å². The van der Waals surface area contributed by atoms with Crippen molar-refractivity contribution in [2.24, 2.45) is 0 Å². The summed E-state index contributed by atoms with van der Waals surface area (Å²) >= 11 is 0. The van der Waals surface area contributed by atoms with Gasteiger partial charge in [0.1, 0.15) is 23.9 Å². The molecule has 0 saturated carbocycles. The number of nitrogens with one attached hydrogen (secondary N) is 1. The van der Waals surface area contributed by atoms with Crippen LogP contribution >= 0.6 is 0 Å². The first kappa shape index (κ1) is 34.9. The van der Waals surface area contributed by atoms with Crippen molar-refractivity contribution in [1.29, 1.82) is 0 Å². The first-order chi connectivity index (χ1) is 24.5. The van der Waals surface area contributed by atoms with Crippen molar-refractivity contribution in [3.63, 3.8) is 0 Å². The van der Waals surface area contributed by atoms with Crippen LogP contribution in [0.5, 0.6) is 0 Å². The van der Waals surface area contributed by atoms with Crippen LogP contribution in [0, 0.1) is 0 Å². The molecule has 0 saturated heterocycles. The van der Waals surface area contributed by atoms with Gasteiger partial charge in [0.05, 0.1) is 18.2 Å². The Hall–Kier alpha value is -4.92. The van der Waals surface area contributed by atoms with Crippen LogP contribution in [0.4, 0.5) is 0 Å². The number of aliphatic hydroxyl groups excluding tert-OH is 4. The fourth-order valence-electron chi connectivity index (χ4n) is 6.78. The van der Waals surface area contributed by atoms with E-state index in [1.54, 1.807) is 0 Å². The largest absolute Gasteiger partial charge is 0.389 e. The zero-order valence-electron chi connectivity index (χ0n) is 27.7. The second kappa shape index (κ2) is 16.2. The smallest absolute Gasteiger partial charge is 0.143 e. The van der Waals surface area contributed by atoms with E-state index in [0.29, 0.717) is 0 Å². The molecule has 0 aliphatic carbocycles. The van der Waals surface area contributed by atoms with Crippen LogP contribution in [0.15, 0.2) is 182 Å². The second-order valence-electron chi connectivity index (χ2n) is 12.4. The summed E-state index contributed by atoms with van der Waals surface area (Å²) in [5, 5.41) is 48.8. The lowest BCUT2D eigenvalue weighted by Gasteiger charge is -2.39. The van der Waals surface area contributed by atoms with E-state index in [0.717, 1.165) is 33.4 Å². The highest BCUT2D eigenvalue weighted by atomic mass is 16.5. The van der Waals surface area contributed by atoms with E-state index in [1.807, 2.05) is 182 Å². The third kappa shape index (κ3) is 7.18. The number of benzene rings is 6. The first-order valence-corrected chi connectivity index (χ1v) is 16.9. The second-order valence-corrected chi connectivity index (χ2v) is 12.4. The highest BCUT2D eigenvalue weighted by molar-refractivity contribution is 5.50. The Bertz CT molecular complexity index is 1530. The van der Waals surface area contributed by atoms with Crippen LogP contribution in [-0.2, 0) is 15.9 Å². The van der Waals surface area contributed by atoms with Crippen LogP contribution in [0.1, 0.15) is 33.4 Å². The van der Waals surface area contributed by atoms with Gasteiger partial charge in [-0.05, 0) is 33.4 Å². The Morgan fingerprint density at radius 3 is 1.00 bits per heavy atom. The quantitative estimate of drug-likeness (QED) is 0.0861. The van der Waals surface area contributed by atoms with Gasteiger partial charge < -0.3 is 25.2 Å². The number of hydrogen-bond acceptors (Lipinski definition) is 6. The molecule has 0 aliphatic heterocycles. The van der Waals surface area contributed by atoms with Gasteiger partial charge in [-0.1, -0.05) is 182 Å². The summed E-state index contributed by atoms with van der Waals surface area (Å²) in [6.45, 7) is -0.439. The maximum Gasteiger partial charge on any atom is 0.143 e. The molecule has 0 aliphatic rings. The summed E-state index contributed by atoms with van der Waals surface area (Å²) < 4.78 is 6.67. The lowest BCUT2D eigenvalue weighted by atomic mass is 9.77. The summed E-state index contributed by atoms with van der Waals surface area (Å²) in [6, 6.07) is 58.9. The van der Waals surface area contributed by atoms with E-state index >= 15 is 0 Å². The van der Waals surface area contributed by atoms with E-state index in [2.05, 4.69) is 5.32 Å². The zero-order chi connectivity index (χ0) is 34.8. The van der Waals surface area contributed by atoms with Crippen LogP contribution in [-0.4, -0.2) is 58.0 Å². The molecule has 0 radical (unpaired) electrons. The molecular formula is C44H43NO5. The van der Waals surface area contributed by atoms with Gasteiger partial charge in [-0.15, -0.1) is 0 Å². The Labute approximate surface area is 293 Å². The Kier molecular flexibility index (Phi) is 11.3. The molecule has 6 aromatic carbocycles. The highest BCUT2D eigenvalue weighted by Gasteiger charge is 2.41. The number of rotatable bonds is 15. The molecule has 6 nitrogen and oxygen atoms in total. The molecule has 0 amide bonds. The Morgan fingerprint density at radius 1 is 0.400 bits per heavy atom.